The van der Waals surface area contributed by atoms with E-state index in [0.717, 1.165) is 49.9 Å². The van der Waals surface area contributed by atoms with Gasteiger partial charge in [-0.1, -0.05) is 6.07 Å². The van der Waals surface area contributed by atoms with E-state index < -0.39 is 0 Å². The number of hydrogen-bond acceptors (Lipinski definition) is 2. The van der Waals surface area contributed by atoms with E-state index in [-0.39, 0.29) is 23.8 Å². The van der Waals surface area contributed by atoms with Crippen LogP contribution in [-0.2, 0) is 11.2 Å². The number of carbonyl (C=O) groups is 1. The summed E-state index contributed by atoms with van der Waals surface area (Å²) < 4.78 is 13.2. The van der Waals surface area contributed by atoms with E-state index in [1.54, 1.807) is 6.07 Å². The topological polar surface area (TPSA) is 32.3 Å². The van der Waals surface area contributed by atoms with E-state index in [1.807, 2.05) is 17.9 Å². The number of rotatable bonds is 3. The Bertz CT molecular complexity index is 526. The number of likely N-dealkylation sites (tertiary alicyclic amines) is 1. The number of amides is 1. The van der Waals surface area contributed by atoms with E-state index in [0.29, 0.717) is 0 Å². The second-order valence-corrected chi connectivity index (χ2v) is 6.21. The predicted molar refractivity (Wildman–Crippen MR) is 80.5 cm³/mol. The molecule has 1 fully saturated rings. The number of hydrogen-bond donors (Lipinski definition) is 1. The summed E-state index contributed by atoms with van der Waals surface area (Å²) in [5.74, 6) is 0.0251. The van der Waals surface area contributed by atoms with Crippen molar-refractivity contribution >= 4 is 5.91 Å². The molecule has 2 aliphatic rings. The molecule has 3 rings (SSSR count). The van der Waals surface area contributed by atoms with Crippen molar-refractivity contribution in [3.63, 3.8) is 0 Å². The highest BCUT2D eigenvalue weighted by atomic mass is 19.1. The van der Waals surface area contributed by atoms with E-state index in [4.69, 9.17) is 0 Å². The van der Waals surface area contributed by atoms with Crippen LogP contribution in [0, 0.1) is 5.82 Å². The van der Waals surface area contributed by atoms with Gasteiger partial charge >= 0.3 is 0 Å². The summed E-state index contributed by atoms with van der Waals surface area (Å²) in [6.07, 6.45) is 5.28. The third-order valence-electron chi connectivity index (χ3n) is 4.67. The van der Waals surface area contributed by atoms with Crippen LogP contribution in [0.4, 0.5) is 4.39 Å². The Morgan fingerprint density at radius 3 is 2.86 bits per heavy atom. The Kier molecular flexibility index (Phi) is 4.24. The van der Waals surface area contributed by atoms with Crippen LogP contribution >= 0.6 is 0 Å². The lowest BCUT2D eigenvalue weighted by molar-refractivity contribution is -0.134. The van der Waals surface area contributed by atoms with Crippen molar-refractivity contribution in [2.45, 2.75) is 51.1 Å². The molecule has 0 radical (unpaired) electrons. The molecular weight excluding hydrogens is 267 g/mol. The lowest BCUT2D eigenvalue weighted by atomic mass is 10.1. The van der Waals surface area contributed by atoms with Crippen LogP contribution in [-0.4, -0.2) is 29.9 Å². The first-order valence-electron chi connectivity index (χ1n) is 7.98. The first-order chi connectivity index (χ1) is 10.1. The Morgan fingerprint density at radius 2 is 2.10 bits per heavy atom. The number of fused-ring (bicyclic) bond motifs is 1. The molecule has 114 valence electrons. The standard InChI is InChI=1S/C17H23FN2O/c1-12(17(21)20-9-3-2-4-10-20)19-16-8-5-13-11-14(18)6-7-15(13)16/h6-7,11-12,16,19H,2-5,8-10H2,1H3. The summed E-state index contributed by atoms with van der Waals surface area (Å²) in [7, 11) is 0. The van der Waals surface area contributed by atoms with Crippen molar-refractivity contribution in [3.05, 3.63) is 35.1 Å². The third-order valence-corrected chi connectivity index (χ3v) is 4.67. The van der Waals surface area contributed by atoms with Gasteiger partial charge in [-0.3, -0.25) is 10.1 Å². The lowest BCUT2D eigenvalue weighted by Crippen LogP contribution is -2.47. The van der Waals surface area contributed by atoms with Gasteiger partial charge in [0.1, 0.15) is 5.82 Å². The van der Waals surface area contributed by atoms with Gasteiger partial charge < -0.3 is 4.90 Å². The number of benzene rings is 1. The van der Waals surface area contributed by atoms with Gasteiger partial charge in [0.05, 0.1) is 6.04 Å². The van der Waals surface area contributed by atoms with Crippen LogP contribution in [0.3, 0.4) is 0 Å². The normalized spacial score (nSPS) is 23.0. The van der Waals surface area contributed by atoms with Gasteiger partial charge in [-0.2, -0.15) is 0 Å². The van der Waals surface area contributed by atoms with Gasteiger partial charge in [-0.25, -0.2) is 4.39 Å². The van der Waals surface area contributed by atoms with Gasteiger partial charge in [0.25, 0.3) is 0 Å². The molecule has 1 aromatic carbocycles. The SMILES string of the molecule is CC(NC1CCc2cc(F)ccc21)C(=O)N1CCCCC1. The molecule has 0 bridgehead atoms. The molecule has 0 saturated carbocycles. The highest BCUT2D eigenvalue weighted by Crippen LogP contribution is 2.32. The largest absolute Gasteiger partial charge is 0.341 e. The molecule has 2 unspecified atom stereocenters. The fourth-order valence-electron chi connectivity index (χ4n) is 3.52. The summed E-state index contributed by atoms with van der Waals surface area (Å²) in [5, 5.41) is 3.44. The number of aryl methyl sites for hydroxylation is 1. The Hall–Kier alpha value is -1.42. The smallest absolute Gasteiger partial charge is 0.239 e. The minimum atomic E-state index is -0.177. The zero-order chi connectivity index (χ0) is 14.8. The maximum absolute atomic E-state index is 13.2. The van der Waals surface area contributed by atoms with Gasteiger partial charge in [-0.05, 0) is 62.3 Å². The number of nitrogens with one attached hydrogen (secondary N) is 1. The number of carbonyl (C=O) groups excluding carboxylic acids is 1. The quantitative estimate of drug-likeness (QED) is 0.928. The monoisotopic (exact) mass is 290 g/mol. The lowest BCUT2D eigenvalue weighted by Gasteiger charge is -2.30. The fraction of sp³-hybridized carbons (Fsp3) is 0.588. The third kappa shape index (κ3) is 3.10. The average molecular weight is 290 g/mol. The van der Waals surface area contributed by atoms with Gasteiger partial charge in [-0.15, -0.1) is 0 Å². The second-order valence-electron chi connectivity index (χ2n) is 6.21. The zero-order valence-corrected chi connectivity index (χ0v) is 12.6. The van der Waals surface area contributed by atoms with E-state index in [2.05, 4.69) is 5.32 Å². The van der Waals surface area contributed by atoms with Gasteiger partial charge in [0.15, 0.2) is 0 Å². The summed E-state index contributed by atoms with van der Waals surface area (Å²) in [6, 6.07) is 4.98. The maximum atomic E-state index is 13.2. The molecule has 1 saturated heterocycles. The second kappa shape index (κ2) is 6.14. The van der Waals surface area contributed by atoms with Crippen LogP contribution in [0.2, 0.25) is 0 Å². The summed E-state index contributed by atoms with van der Waals surface area (Å²) >= 11 is 0. The van der Waals surface area contributed by atoms with Crippen molar-refractivity contribution in [3.8, 4) is 0 Å². The average Bonchev–Trinajstić information content (AvgIpc) is 2.89. The highest BCUT2D eigenvalue weighted by molar-refractivity contribution is 5.81. The molecule has 1 aromatic rings. The number of piperidine rings is 1. The summed E-state index contributed by atoms with van der Waals surface area (Å²) in [5.41, 5.74) is 2.22. The molecule has 21 heavy (non-hydrogen) atoms. The molecule has 1 heterocycles. The fourth-order valence-corrected chi connectivity index (χ4v) is 3.52. The molecule has 4 heteroatoms. The highest BCUT2D eigenvalue weighted by Gasteiger charge is 2.28. The molecule has 1 aliphatic carbocycles. The van der Waals surface area contributed by atoms with Crippen LogP contribution in [0.1, 0.15) is 49.8 Å². The molecule has 2 atom stereocenters. The Balaban J connectivity index is 1.63. The van der Waals surface area contributed by atoms with Crippen LogP contribution in [0.15, 0.2) is 18.2 Å². The first-order valence-corrected chi connectivity index (χ1v) is 7.98. The molecule has 0 spiro atoms. The minimum Gasteiger partial charge on any atom is -0.341 e. The molecule has 1 N–H and O–H groups in total. The van der Waals surface area contributed by atoms with E-state index in [9.17, 15) is 9.18 Å². The van der Waals surface area contributed by atoms with Crippen molar-refractivity contribution in [2.75, 3.05) is 13.1 Å². The molecule has 1 amide bonds. The molecule has 1 aliphatic heterocycles. The zero-order valence-electron chi connectivity index (χ0n) is 12.6. The molecular formula is C17H23FN2O. The number of halogens is 1. The minimum absolute atomic E-state index is 0.171. The first kappa shape index (κ1) is 14.5. The molecule has 0 aromatic heterocycles. The predicted octanol–water partition coefficient (Wildman–Crippen LogP) is 2.80. The van der Waals surface area contributed by atoms with E-state index in [1.165, 1.54) is 12.5 Å². The Morgan fingerprint density at radius 1 is 1.33 bits per heavy atom. The van der Waals surface area contributed by atoms with Crippen LogP contribution < -0.4 is 5.32 Å². The summed E-state index contributed by atoms with van der Waals surface area (Å²) in [4.78, 5) is 14.4. The van der Waals surface area contributed by atoms with Gasteiger partial charge in [0, 0.05) is 19.1 Å². The Labute approximate surface area is 125 Å². The maximum Gasteiger partial charge on any atom is 0.239 e. The van der Waals surface area contributed by atoms with Crippen molar-refractivity contribution in [1.82, 2.24) is 10.2 Å². The van der Waals surface area contributed by atoms with Crippen molar-refractivity contribution in [1.29, 1.82) is 0 Å². The number of nitrogens with zero attached hydrogens (tertiary/aromatic N) is 1. The summed E-state index contributed by atoms with van der Waals surface area (Å²) in [6.45, 7) is 3.72. The van der Waals surface area contributed by atoms with Crippen LogP contribution in [0.25, 0.3) is 0 Å². The molecule has 3 nitrogen and oxygen atoms in total. The van der Waals surface area contributed by atoms with E-state index >= 15 is 0 Å². The van der Waals surface area contributed by atoms with Gasteiger partial charge in [0.2, 0.25) is 5.91 Å². The van der Waals surface area contributed by atoms with Crippen molar-refractivity contribution < 1.29 is 9.18 Å². The van der Waals surface area contributed by atoms with Crippen molar-refractivity contribution in [2.24, 2.45) is 0 Å². The van der Waals surface area contributed by atoms with Crippen LogP contribution in [0.5, 0.6) is 0 Å².